The average molecular weight is 287 g/mol. The van der Waals surface area contributed by atoms with E-state index in [1.807, 2.05) is 12.1 Å². The minimum absolute atomic E-state index is 0.404. The molecule has 0 spiro atoms. The van der Waals surface area contributed by atoms with Crippen molar-refractivity contribution in [3.05, 3.63) is 29.3 Å². The number of hydrogen-bond acceptors (Lipinski definition) is 2. The van der Waals surface area contributed by atoms with Crippen molar-refractivity contribution in [2.24, 2.45) is 11.3 Å². The first-order valence-electron chi connectivity index (χ1n) is 8.63. The van der Waals surface area contributed by atoms with Crippen molar-refractivity contribution in [2.75, 3.05) is 6.54 Å². The molecule has 0 bridgehead atoms. The molecule has 1 fully saturated rings. The minimum Gasteiger partial charge on any atom is -0.508 e. The lowest BCUT2D eigenvalue weighted by molar-refractivity contribution is 0.215. The van der Waals surface area contributed by atoms with Gasteiger partial charge in [-0.3, -0.25) is 0 Å². The van der Waals surface area contributed by atoms with Crippen molar-refractivity contribution < 1.29 is 5.11 Å². The maximum absolute atomic E-state index is 9.60. The van der Waals surface area contributed by atoms with Crippen LogP contribution in [0.2, 0.25) is 0 Å². The van der Waals surface area contributed by atoms with Crippen LogP contribution in [0.1, 0.15) is 69.5 Å². The molecule has 1 saturated carbocycles. The second-order valence-electron chi connectivity index (χ2n) is 7.66. The number of aryl methyl sites for hydroxylation is 1. The number of nitrogens with one attached hydrogen (secondary N) is 1. The van der Waals surface area contributed by atoms with Gasteiger partial charge in [0, 0.05) is 12.6 Å². The molecule has 116 valence electrons. The van der Waals surface area contributed by atoms with Crippen LogP contribution in [-0.2, 0) is 6.42 Å². The van der Waals surface area contributed by atoms with Gasteiger partial charge in [0.25, 0.3) is 0 Å². The van der Waals surface area contributed by atoms with E-state index in [4.69, 9.17) is 0 Å². The van der Waals surface area contributed by atoms with Crippen molar-refractivity contribution >= 4 is 0 Å². The van der Waals surface area contributed by atoms with E-state index in [0.29, 0.717) is 17.2 Å². The first kappa shape index (κ1) is 14.9. The zero-order valence-corrected chi connectivity index (χ0v) is 13.5. The van der Waals surface area contributed by atoms with Crippen LogP contribution in [0.3, 0.4) is 0 Å². The quantitative estimate of drug-likeness (QED) is 0.831. The molecule has 1 aromatic rings. The Morgan fingerprint density at radius 1 is 1.29 bits per heavy atom. The fourth-order valence-electron chi connectivity index (χ4n) is 4.60. The van der Waals surface area contributed by atoms with Crippen molar-refractivity contribution in [1.82, 2.24) is 5.32 Å². The molecule has 0 amide bonds. The standard InChI is InChI=1S/C19H29NO/c1-14(2)12-19(9-3-4-10-19)13-20-18-8-5-15-11-16(21)6-7-17(15)18/h6-7,11,14,18,20-21H,3-5,8-10,12-13H2,1-2H3. The number of benzene rings is 1. The molecule has 2 nitrogen and oxygen atoms in total. The normalized spacial score (nSPS) is 23.7. The van der Waals surface area contributed by atoms with E-state index in [1.165, 1.54) is 49.7 Å². The summed E-state index contributed by atoms with van der Waals surface area (Å²) in [7, 11) is 0. The Bertz CT molecular complexity index is 488. The van der Waals surface area contributed by atoms with Crippen LogP contribution in [-0.4, -0.2) is 11.7 Å². The van der Waals surface area contributed by atoms with E-state index >= 15 is 0 Å². The molecule has 2 heteroatoms. The molecule has 0 radical (unpaired) electrons. The number of phenols is 1. The highest BCUT2D eigenvalue weighted by Gasteiger charge is 2.35. The highest BCUT2D eigenvalue weighted by molar-refractivity contribution is 5.40. The molecule has 21 heavy (non-hydrogen) atoms. The summed E-state index contributed by atoms with van der Waals surface area (Å²) in [5.41, 5.74) is 3.27. The predicted molar refractivity (Wildman–Crippen MR) is 87.5 cm³/mol. The second-order valence-corrected chi connectivity index (χ2v) is 7.66. The fraction of sp³-hybridized carbons (Fsp3) is 0.684. The number of aromatic hydroxyl groups is 1. The van der Waals surface area contributed by atoms with Gasteiger partial charge in [-0.1, -0.05) is 32.8 Å². The second kappa shape index (κ2) is 6.00. The lowest BCUT2D eigenvalue weighted by atomic mass is 9.78. The molecule has 1 aromatic carbocycles. The first-order valence-corrected chi connectivity index (χ1v) is 8.63. The summed E-state index contributed by atoms with van der Waals surface area (Å²) in [6.07, 6.45) is 9.23. The van der Waals surface area contributed by atoms with Crippen LogP contribution < -0.4 is 5.32 Å². The molecular weight excluding hydrogens is 258 g/mol. The Hall–Kier alpha value is -1.02. The van der Waals surface area contributed by atoms with Gasteiger partial charge in [-0.2, -0.15) is 0 Å². The topological polar surface area (TPSA) is 32.3 Å². The van der Waals surface area contributed by atoms with E-state index < -0.39 is 0 Å². The fourth-order valence-corrected chi connectivity index (χ4v) is 4.60. The third kappa shape index (κ3) is 3.26. The van der Waals surface area contributed by atoms with E-state index in [1.54, 1.807) is 0 Å². The summed E-state index contributed by atoms with van der Waals surface area (Å²) in [6.45, 7) is 5.87. The molecule has 0 aliphatic heterocycles. The SMILES string of the molecule is CC(C)CC1(CNC2CCc3cc(O)ccc32)CCCC1. The van der Waals surface area contributed by atoms with Crippen molar-refractivity contribution in [2.45, 2.75) is 64.8 Å². The maximum Gasteiger partial charge on any atom is 0.115 e. The van der Waals surface area contributed by atoms with E-state index in [9.17, 15) is 5.11 Å². The zero-order valence-electron chi connectivity index (χ0n) is 13.5. The number of hydrogen-bond donors (Lipinski definition) is 2. The maximum atomic E-state index is 9.60. The summed E-state index contributed by atoms with van der Waals surface area (Å²) >= 11 is 0. The lowest BCUT2D eigenvalue weighted by Gasteiger charge is -2.33. The van der Waals surface area contributed by atoms with Gasteiger partial charge in [0.15, 0.2) is 0 Å². The van der Waals surface area contributed by atoms with E-state index in [-0.39, 0.29) is 0 Å². The third-order valence-electron chi connectivity index (χ3n) is 5.43. The monoisotopic (exact) mass is 287 g/mol. The van der Waals surface area contributed by atoms with Gasteiger partial charge in [0.05, 0.1) is 0 Å². The third-order valence-corrected chi connectivity index (χ3v) is 5.43. The Morgan fingerprint density at radius 2 is 2.05 bits per heavy atom. The summed E-state index contributed by atoms with van der Waals surface area (Å²) in [6, 6.07) is 6.37. The number of phenolic OH excluding ortho intramolecular Hbond substituents is 1. The lowest BCUT2D eigenvalue weighted by Crippen LogP contribution is -2.35. The van der Waals surface area contributed by atoms with Gasteiger partial charge in [-0.15, -0.1) is 0 Å². The summed E-state index contributed by atoms with van der Waals surface area (Å²) in [5.74, 6) is 1.19. The molecule has 1 atom stereocenters. The molecular formula is C19H29NO. The molecule has 2 N–H and O–H groups in total. The van der Waals surface area contributed by atoms with Gasteiger partial charge >= 0.3 is 0 Å². The summed E-state index contributed by atoms with van der Waals surface area (Å²) in [4.78, 5) is 0. The van der Waals surface area contributed by atoms with Gasteiger partial charge in [-0.05, 0) is 66.7 Å². The van der Waals surface area contributed by atoms with Crippen LogP contribution in [0.25, 0.3) is 0 Å². The molecule has 1 unspecified atom stereocenters. The van der Waals surface area contributed by atoms with Crippen molar-refractivity contribution in [3.8, 4) is 5.75 Å². The zero-order chi connectivity index (χ0) is 14.9. The predicted octanol–water partition coefficient (Wildman–Crippen LogP) is 4.58. The largest absolute Gasteiger partial charge is 0.508 e. The van der Waals surface area contributed by atoms with Crippen molar-refractivity contribution in [3.63, 3.8) is 0 Å². The molecule has 0 aromatic heterocycles. The Morgan fingerprint density at radius 3 is 2.76 bits per heavy atom. The first-order chi connectivity index (χ1) is 10.1. The van der Waals surface area contributed by atoms with Crippen LogP contribution in [0.5, 0.6) is 5.75 Å². The Labute approximate surface area is 129 Å². The Kier molecular flexibility index (Phi) is 4.26. The van der Waals surface area contributed by atoms with Gasteiger partial charge in [0.2, 0.25) is 0 Å². The van der Waals surface area contributed by atoms with Crippen LogP contribution in [0, 0.1) is 11.3 Å². The van der Waals surface area contributed by atoms with Gasteiger partial charge in [0.1, 0.15) is 5.75 Å². The average Bonchev–Trinajstić information content (AvgIpc) is 3.03. The van der Waals surface area contributed by atoms with Crippen LogP contribution >= 0.6 is 0 Å². The highest BCUT2D eigenvalue weighted by atomic mass is 16.3. The molecule has 3 rings (SSSR count). The molecule has 0 saturated heterocycles. The minimum atomic E-state index is 0.404. The van der Waals surface area contributed by atoms with Crippen molar-refractivity contribution in [1.29, 1.82) is 0 Å². The van der Waals surface area contributed by atoms with Crippen LogP contribution in [0.15, 0.2) is 18.2 Å². The summed E-state index contributed by atoms with van der Waals surface area (Å²) in [5, 5.41) is 13.5. The van der Waals surface area contributed by atoms with E-state index in [2.05, 4.69) is 25.2 Å². The van der Waals surface area contributed by atoms with Gasteiger partial charge < -0.3 is 10.4 Å². The smallest absolute Gasteiger partial charge is 0.115 e. The molecule has 2 aliphatic rings. The molecule has 0 heterocycles. The van der Waals surface area contributed by atoms with Crippen LogP contribution in [0.4, 0.5) is 0 Å². The highest BCUT2D eigenvalue weighted by Crippen LogP contribution is 2.43. The Balaban J connectivity index is 1.65. The number of rotatable bonds is 5. The number of fused-ring (bicyclic) bond motifs is 1. The molecule has 2 aliphatic carbocycles. The summed E-state index contributed by atoms with van der Waals surface area (Å²) < 4.78 is 0. The van der Waals surface area contributed by atoms with E-state index in [0.717, 1.165) is 18.9 Å². The van der Waals surface area contributed by atoms with Gasteiger partial charge in [-0.25, -0.2) is 0 Å².